The van der Waals surface area contributed by atoms with Crippen molar-refractivity contribution in [3.63, 3.8) is 0 Å². The molecule has 0 bridgehead atoms. The molecule has 476 valence electrons. The topological polar surface area (TPSA) is 36.4 Å². The normalized spacial score (nSPS) is 11.6. The van der Waals surface area contributed by atoms with Crippen LogP contribution in [0.2, 0.25) is 10.8 Å². The second kappa shape index (κ2) is 63.3. The van der Waals surface area contributed by atoms with Crippen molar-refractivity contribution in [2.75, 3.05) is 0 Å². The van der Waals surface area contributed by atoms with Gasteiger partial charge in [0.1, 0.15) is 0 Å². The molecule has 82 heavy (non-hydrogen) atoms. The van der Waals surface area contributed by atoms with E-state index in [2.05, 4.69) is 108 Å². The monoisotopic (exact) mass is 1180 g/mol. The van der Waals surface area contributed by atoms with Crippen molar-refractivity contribution in [3.05, 3.63) is 87.5 Å². The Bertz CT molecular complexity index is 1720. The summed E-state index contributed by atoms with van der Waals surface area (Å²) < 4.78 is 0. The van der Waals surface area contributed by atoms with E-state index in [1.807, 2.05) is 6.92 Å². The number of hydrogen-bond donors (Lipinski definition) is 0. The van der Waals surface area contributed by atoms with Crippen LogP contribution in [0.15, 0.2) is 59.7 Å². The summed E-state index contributed by atoms with van der Waals surface area (Å²) in [5, 5.41) is 2.87. The molecule has 2 aromatic carbocycles. The second-order valence-corrected chi connectivity index (χ2v) is 26.9. The fourth-order valence-electron chi connectivity index (χ4n) is 12.0. The summed E-state index contributed by atoms with van der Waals surface area (Å²) in [6, 6.07) is 18.2. The first-order valence-electron chi connectivity index (χ1n) is 36.9. The van der Waals surface area contributed by atoms with Crippen molar-refractivity contribution in [2.45, 2.75) is 405 Å². The third-order valence-corrected chi connectivity index (χ3v) is 18.9. The quantitative estimate of drug-likeness (QED) is 0.0158. The number of aryl methyl sites for hydroxylation is 2. The average Bonchev–Trinajstić information content (AvgIpc) is 3.56. The van der Waals surface area contributed by atoms with Crippen LogP contribution in [0.4, 0.5) is 0 Å². The fraction of sp³-hybridized carbons (Fsp3) is 0.797. The van der Waals surface area contributed by atoms with Gasteiger partial charge in [-0.2, -0.15) is 0 Å². The van der Waals surface area contributed by atoms with Crippen LogP contribution in [0.5, 0.6) is 0 Å². The van der Waals surface area contributed by atoms with E-state index in [4.69, 9.17) is 0 Å². The molecule has 2 aromatic rings. The molecule has 2 nitrogen and oxygen atoms in total. The Morgan fingerprint density at radius 3 is 0.915 bits per heavy atom. The molecule has 0 saturated carbocycles. The second-order valence-electron chi connectivity index (χ2n) is 25.4. The van der Waals surface area contributed by atoms with E-state index in [0.29, 0.717) is 0 Å². The zero-order valence-electron chi connectivity index (χ0n) is 56.1. The smallest absolute Gasteiger partial charge is 0.0654 e. The van der Waals surface area contributed by atoms with E-state index in [-0.39, 0.29) is 0 Å². The van der Waals surface area contributed by atoms with E-state index >= 15 is 0 Å². The van der Waals surface area contributed by atoms with E-state index in [0.717, 1.165) is 31.3 Å². The fourth-order valence-corrected chi connectivity index (χ4v) is 13.3. The molecule has 2 rings (SSSR count). The van der Waals surface area contributed by atoms with Gasteiger partial charge in [-0.25, -0.2) is 0 Å². The molecule has 0 N–H and O–H groups in total. The maximum atomic E-state index is 9.31. The van der Waals surface area contributed by atoms with Crippen LogP contribution in [0.25, 0.3) is 11.1 Å². The number of rotatable bonds is 60. The van der Waals surface area contributed by atoms with Gasteiger partial charge in [0.05, 0.1) is 5.57 Å². The van der Waals surface area contributed by atoms with Gasteiger partial charge in [0.25, 0.3) is 0 Å². The van der Waals surface area contributed by atoms with Crippen molar-refractivity contribution in [2.24, 2.45) is 0 Å². The molecule has 0 aliphatic rings. The first kappa shape index (κ1) is 77.8. The third kappa shape index (κ3) is 49.0. The number of nitrogens with zero attached hydrogens (tertiary/aromatic N) is 2. The third-order valence-electron chi connectivity index (χ3n) is 17.5. The van der Waals surface area contributed by atoms with Crippen LogP contribution in [-0.2, 0) is 27.3 Å². The molecule has 0 amide bonds. The van der Waals surface area contributed by atoms with Gasteiger partial charge in [0, 0.05) is 0 Å². The van der Waals surface area contributed by atoms with Crippen molar-refractivity contribution in [1.29, 1.82) is 0 Å². The molecule has 0 spiro atoms. The van der Waals surface area contributed by atoms with E-state index in [1.165, 1.54) is 372 Å². The van der Waals surface area contributed by atoms with Crippen LogP contribution in [-0.4, -0.2) is 10.7 Å². The zero-order chi connectivity index (χ0) is 59.1. The predicted octanol–water partition coefficient (Wildman–Crippen LogP) is 28.1. The standard InChI is InChI=1S/C33H46N2.2C23H47.Ni/c1-5-8-11-13-18-29-20-16-22-31(25-29)33(30-21-15-19-28(24-30)17-10-7-3)32(27(4)26-35-34)23-14-12-9-6-2;2*1-3-5-7-9-11-13-15-17-19-21-23-22-20-18-16-14-12-10-8-6-4-2;/h15-16,19-22,24-25H,5-14,17-18,23H2,1-4H3;2*1,3-23H2,2H3;. The van der Waals surface area contributed by atoms with Gasteiger partial charge in [-0.15, -0.1) is 4.79 Å². The predicted molar refractivity (Wildman–Crippen MR) is 367 cm³/mol. The summed E-state index contributed by atoms with van der Waals surface area (Å²) in [6.45, 7) is 13.4. The molecule has 0 aliphatic heterocycles. The summed E-state index contributed by atoms with van der Waals surface area (Å²) >= 11 is 2.05. The molecule has 0 aliphatic carbocycles. The zero-order valence-corrected chi connectivity index (χ0v) is 57.1. The first-order valence-corrected chi connectivity index (χ1v) is 38.3. The molecular formula is C79H140N2Ni. The van der Waals surface area contributed by atoms with E-state index in [1.54, 1.807) is 0 Å². The number of benzene rings is 2. The van der Waals surface area contributed by atoms with Crippen LogP contribution >= 0.6 is 0 Å². The van der Waals surface area contributed by atoms with Gasteiger partial charge in [-0.1, -0.05) is 257 Å². The van der Waals surface area contributed by atoms with Gasteiger partial charge in [0.15, 0.2) is 0 Å². The Kier molecular flexibility index (Phi) is 60.1. The minimum absolute atomic E-state index is 0.923. The maximum absolute atomic E-state index is 9.31. The molecule has 0 radical (unpaired) electrons. The molecule has 0 atom stereocenters. The van der Waals surface area contributed by atoms with Gasteiger partial charge < -0.3 is 5.53 Å². The minimum atomic E-state index is 0.923. The van der Waals surface area contributed by atoms with Crippen molar-refractivity contribution < 1.29 is 19.2 Å². The molecule has 0 unspecified atom stereocenters. The number of unbranched alkanes of at least 4 members (excludes halogenated alkanes) is 47. The Morgan fingerprint density at radius 1 is 0.341 bits per heavy atom. The van der Waals surface area contributed by atoms with Gasteiger partial charge in [-0.05, 0) is 78.8 Å². The summed E-state index contributed by atoms with van der Waals surface area (Å²) in [6.07, 6.45) is 77.7. The van der Waals surface area contributed by atoms with Crippen molar-refractivity contribution >= 4 is 11.4 Å². The van der Waals surface area contributed by atoms with Crippen molar-refractivity contribution in [3.8, 4) is 0 Å². The summed E-state index contributed by atoms with van der Waals surface area (Å²) in [5.41, 5.74) is 18.1. The SMILES string of the molecule is CCCCCCC(C(C)=C=[N+]=[N-])=C(c1cccc(CCCC)c1)c1cccc(CCCCCC)c1.CCCCCCCCCCCCCCCCCCCCCC[CH2][Ni][CH2]CCCCCCCCCCCCCCCCCCCCCC. The van der Waals surface area contributed by atoms with Crippen LogP contribution in [0.1, 0.15) is 404 Å². The van der Waals surface area contributed by atoms with Crippen LogP contribution in [0, 0.1) is 0 Å². The minimum Gasteiger partial charge on any atom is -0.0654 e. The van der Waals surface area contributed by atoms with Crippen LogP contribution < -0.4 is 0 Å². The molecule has 3 heteroatoms. The Balaban J connectivity index is 0.000000853. The molecular weight excluding hydrogens is 1040 g/mol. The molecule has 0 aromatic heterocycles. The van der Waals surface area contributed by atoms with Gasteiger partial charge in [-0.3, -0.25) is 0 Å². The first-order chi connectivity index (χ1) is 40.6. The summed E-state index contributed by atoms with van der Waals surface area (Å²) in [4.78, 5) is 3.28. The Hall–Kier alpha value is -2.17. The van der Waals surface area contributed by atoms with Gasteiger partial charge >= 0.3 is 172 Å². The molecule has 0 saturated heterocycles. The summed E-state index contributed by atoms with van der Waals surface area (Å²) in [5.74, 6) is 2.86. The Labute approximate surface area is 520 Å². The van der Waals surface area contributed by atoms with E-state index < -0.39 is 0 Å². The molecule has 0 heterocycles. The van der Waals surface area contributed by atoms with Gasteiger partial charge in [0.2, 0.25) is 0 Å². The summed E-state index contributed by atoms with van der Waals surface area (Å²) in [7, 11) is 0. The average molecular weight is 1180 g/mol. The van der Waals surface area contributed by atoms with Crippen molar-refractivity contribution in [1.82, 2.24) is 0 Å². The number of hydrogen-bond acceptors (Lipinski definition) is 0. The van der Waals surface area contributed by atoms with E-state index in [9.17, 15) is 5.53 Å². The number of allylic oxidation sites excluding steroid dienone is 2. The Morgan fingerprint density at radius 2 is 0.610 bits per heavy atom. The molecule has 0 fully saturated rings. The van der Waals surface area contributed by atoms with Crippen LogP contribution in [0.3, 0.4) is 0 Å².